The maximum absolute atomic E-state index is 12.3. The standard InChI is InChI=1S/C14H9Cl2F2NO2/c15-8-5-6-11(10(16)7-8)19-13(20)9-3-1-2-4-12(9)21-14(17)18/h1-7,14H,(H,19,20). The van der Waals surface area contributed by atoms with Gasteiger partial charge in [-0.1, -0.05) is 35.3 Å². The molecule has 7 heteroatoms. The van der Waals surface area contributed by atoms with E-state index in [4.69, 9.17) is 23.2 Å². The van der Waals surface area contributed by atoms with Crippen molar-refractivity contribution in [3.05, 3.63) is 58.1 Å². The Morgan fingerprint density at radius 1 is 1.14 bits per heavy atom. The van der Waals surface area contributed by atoms with Crippen LogP contribution in [0.1, 0.15) is 10.4 Å². The predicted octanol–water partition coefficient (Wildman–Crippen LogP) is 4.85. The average molecular weight is 332 g/mol. The summed E-state index contributed by atoms with van der Waals surface area (Å²) in [6.07, 6.45) is 0. The molecule has 110 valence electrons. The van der Waals surface area contributed by atoms with Crippen molar-refractivity contribution < 1.29 is 18.3 Å². The Morgan fingerprint density at radius 2 is 1.86 bits per heavy atom. The van der Waals surface area contributed by atoms with Gasteiger partial charge in [-0.15, -0.1) is 0 Å². The summed E-state index contributed by atoms with van der Waals surface area (Å²) in [5.74, 6) is -0.828. The van der Waals surface area contributed by atoms with Gasteiger partial charge < -0.3 is 10.1 Å². The number of benzene rings is 2. The highest BCUT2D eigenvalue weighted by Crippen LogP contribution is 2.27. The third-order valence-electron chi connectivity index (χ3n) is 2.53. The molecular weight excluding hydrogens is 323 g/mol. The molecule has 2 rings (SSSR count). The monoisotopic (exact) mass is 331 g/mol. The number of amides is 1. The van der Waals surface area contributed by atoms with Crippen molar-refractivity contribution >= 4 is 34.8 Å². The second-order valence-electron chi connectivity index (χ2n) is 3.95. The highest BCUT2D eigenvalue weighted by atomic mass is 35.5. The third-order valence-corrected chi connectivity index (χ3v) is 3.07. The van der Waals surface area contributed by atoms with Crippen molar-refractivity contribution in [3.8, 4) is 5.75 Å². The van der Waals surface area contributed by atoms with Gasteiger partial charge >= 0.3 is 6.61 Å². The summed E-state index contributed by atoms with van der Waals surface area (Å²) in [4.78, 5) is 12.1. The zero-order valence-corrected chi connectivity index (χ0v) is 12.0. The zero-order valence-electron chi connectivity index (χ0n) is 10.4. The molecule has 0 radical (unpaired) electrons. The Kier molecular flexibility index (Phi) is 4.98. The van der Waals surface area contributed by atoms with E-state index in [0.717, 1.165) is 0 Å². The van der Waals surface area contributed by atoms with Gasteiger partial charge in [0.25, 0.3) is 5.91 Å². The molecule has 3 nitrogen and oxygen atoms in total. The van der Waals surface area contributed by atoms with Crippen LogP contribution in [0.2, 0.25) is 10.0 Å². The van der Waals surface area contributed by atoms with E-state index in [2.05, 4.69) is 10.1 Å². The van der Waals surface area contributed by atoms with Crippen LogP contribution in [-0.4, -0.2) is 12.5 Å². The van der Waals surface area contributed by atoms with E-state index in [-0.39, 0.29) is 16.3 Å². The zero-order chi connectivity index (χ0) is 15.4. The number of para-hydroxylation sites is 1. The molecule has 0 aliphatic heterocycles. The fourth-order valence-electron chi connectivity index (χ4n) is 1.63. The van der Waals surface area contributed by atoms with Crippen molar-refractivity contribution in [1.29, 1.82) is 0 Å². The molecule has 0 fully saturated rings. The van der Waals surface area contributed by atoms with Gasteiger partial charge in [-0.05, 0) is 30.3 Å². The van der Waals surface area contributed by atoms with Gasteiger partial charge in [0.15, 0.2) is 0 Å². The number of halogens is 4. The summed E-state index contributed by atoms with van der Waals surface area (Å²) < 4.78 is 28.9. The number of anilines is 1. The molecule has 0 aromatic heterocycles. The Labute approximate surface area is 129 Å². The Hall–Kier alpha value is -1.85. The highest BCUT2D eigenvalue weighted by molar-refractivity contribution is 6.36. The van der Waals surface area contributed by atoms with E-state index < -0.39 is 12.5 Å². The molecule has 0 saturated carbocycles. The van der Waals surface area contributed by atoms with Crippen LogP contribution in [0.5, 0.6) is 5.75 Å². The Bertz CT molecular complexity index is 665. The number of nitrogens with one attached hydrogen (secondary N) is 1. The van der Waals surface area contributed by atoms with E-state index in [1.807, 2.05) is 0 Å². The summed E-state index contributed by atoms with van der Waals surface area (Å²) in [6, 6.07) is 10.2. The van der Waals surface area contributed by atoms with Crippen molar-refractivity contribution in [3.63, 3.8) is 0 Å². The second-order valence-corrected chi connectivity index (χ2v) is 4.80. The van der Waals surface area contributed by atoms with E-state index in [1.54, 1.807) is 6.07 Å². The van der Waals surface area contributed by atoms with Crippen LogP contribution in [0.15, 0.2) is 42.5 Å². The summed E-state index contributed by atoms with van der Waals surface area (Å²) in [5, 5.41) is 3.17. The first-order chi connectivity index (χ1) is 9.97. The predicted molar refractivity (Wildman–Crippen MR) is 77.5 cm³/mol. The summed E-state index contributed by atoms with van der Waals surface area (Å²) in [7, 11) is 0. The van der Waals surface area contributed by atoms with Crippen molar-refractivity contribution in [2.24, 2.45) is 0 Å². The van der Waals surface area contributed by atoms with Crippen LogP contribution in [0, 0.1) is 0 Å². The molecular formula is C14H9Cl2F2NO2. The Balaban J connectivity index is 2.24. The molecule has 0 aliphatic rings. The molecule has 2 aromatic carbocycles. The number of ether oxygens (including phenoxy) is 1. The number of carbonyl (C=O) groups excluding carboxylic acids is 1. The fourth-order valence-corrected chi connectivity index (χ4v) is 2.09. The molecule has 0 saturated heterocycles. The number of alkyl halides is 2. The van der Waals surface area contributed by atoms with E-state index in [1.165, 1.54) is 36.4 Å². The molecule has 1 amide bonds. The SMILES string of the molecule is O=C(Nc1ccc(Cl)cc1Cl)c1ccccc1OC(F)F. The normalized spacial score (nSPS) is 10.5. The molecule has 0 aliphatic carbocycles. The van der Waals surface area contributed by atoms with Gasteiger partial charge in [-0.25, -0.2) is 0 Å². The lowest BCUT2D eigenvalue weighted by Gasteiger charge is -2.11. The molecule has 0 heterocycles. The van der Waals surface area contributed by atoms with Crippen LogP contribution in [0.4, 0.5) is 14.5 Å². The lowest BCUT2D eigenvalue weighted by molar-refractivity contribution is -0.0501. The van der Waals surface area contributed by atoms with Gasteiger partial charge in [-0.3, -0.25) is 4.79 Å². The van der Waals surface area contributed by atoms with Crippen molar-refractivity contribution in [2.75, 3.05) is 5.32 Å². The maximum Gasteiger partial charge on any atom is 0.387 e. The van der Waals surface area contributed by atoms with E-state index in [9.17, 15) is 13.6 Å². The number of rotatable bonds is 4. The second kappa shape index (κ2) is 6.74. The smallest absolute Gasteiger partial charge is 0.387 e. The summed E-state index contributed by atoms with van der Waals surface area (Å²) in [5.41, 5.74) is 0.293. The molecule has 2 aromatic rings. The third kappa shape index (κ3) is 4.06. The first-order valence-corrected chi connectivity index (χ1v) is 6.53. The Morgan fingerprint density at radius 3 is 2.52 bits per heavy atom. The summed E-state index contributed by atoms with van der Waals surface area (Å²) in [6.45, 7) is -3.02. The topological polar surface area (TPSA) is 38.3 Å². The average Bonchev–Trinajstić information content (AvgIpc) is 2.42. The lowest BCUT2D eigenvalue weighted by Crippen LogP contribution is -2.15. The number of hydrogen-bond acceptors (Lipinski definition) is 2. The highest BCUT2D eigenvalue weighted by Gasteiger charge is 2.16. The van der Waals surface area contributed by atoms with Gasteiger partial charge in [0.2, 0.25) is 0 Å². The quantitative estimate of drug-likeness (QED) is 0.869. The van der Waals surface area contributed by atoms with Crippen LogP contribution >= 0.6 is 23.2 Å². The van der Waals surface area contributed by atoms with Crippen LogP contribution in [-0.2, 0) is 0 Å². The van der Waals surface area contributed by atoms with Crippen LogP contribution in [0.25, 0.3) is 0 Å². The number of carbonyl (C=O) groups is 1. The lowest BCUT2D eigenvalue weighted by atomic mass is 10.2. The number of hydrogen-bond donors (Lipinski definition) is 1. The van der Waals surface area contributed by atoms with E-state index in [0.29, 0.717) is 10.7 Å². The summed E-state index contributed by atoms with van der Waals surface area (Å²) >= 11 is 11.7. The first-order valence-electron chi connectivity index (χ1n) is 5.77. The minimum Gasteiger partial charge on any atom is -0.434 e. The minimum atomic E-state index is -3.02. The molecule has 0 atom stereocenters. The van der Waals surface area contributed by atoms with Gasteiger partial charge in [-0.2, -0.15) is 8.78 Å². The van der Waals surface area contributed by atoms with Gasteiger partial charge in [0.05, 0.1) is 16.3 Å². The maximum atomic E-state index is 12.3. The van der Waals surface area contributed by atoms with Gasteiger partial charge in [0, 0.05) is 5.02 Å². The largest absolute Gasteiger partial charge is 0.434 e. The molecule has 1 N–H and O–H groups in total. The molecule has 0 bridgehead atoms. The van der Waals surface area contributed by atoms with Crippen LogP contribution in [0.3, 0.4) is 0 Å². The van der Waals surface area contributed by atoms with Crippen molar-refractivity contribution in [1.82, 2.24) is 0 Å². The van der Waals surface area contributed by atoms with Gasteiger partial charge in [0.1, 0.15) is 5.75 Å². The van der Waals surface area contributed by atoms with Crippen LogP contribution < -0.4 is 10.1 Å². The minimum absolute atomic E-state index is 0.0242. The van der Waals surface area contributed by atoms with Crippen molar-refractivity contribution in [2.45, 2.75) is 6.61 Å². The molecule has 0 spiro atoms. The van der Waals surface area contributed by atoms with E-state index >= 15 is 0 Å². The molecule has 21 heavy (non-hydrogen) atoms. The molecule has 0 unspecified atom stereocenters. The fraction of sp³-hybridized carbons (Fsp3) is 0.0714. The first kappa shape index (κ1) is 15.5.